The van der Waals surface area contributed by atoms with Crippen molar-refractivity contribution in [1.29, 1.82) is 0 Å². The first kappa shape index (κ1) is 41.9. The van der Waals surface area contributed by atoms with Gasteiger partial charge >= 0.3 is 0 Å². The lowest BCUT2D eigenvalue weighted by molar-refractivity contribution is 0.137. The van der Waals surface area contributed by atoms with Gasteiger partial charge in [0, 0.05) is 5.54 Å². The molecule has 254 valence electrons. The Labute approximate surface area is 267 Å². The molecule has 0 saturated carbocycles. The molecule has 0 heterocycles. The Bertz CT molecular complexity index is 454. The molecule has 1 unspecified atom stereocenters. The summed E-state index contributed by atoms with van der Waals surface area (Å²) < 4.78 is 0. The van der Waals surface area contributed by atoms with E-state index in [9.17, 15) is 5.11 Å². The van der Waals surface area contributed by atoms with E-state index in [1.54, 1.807) is 0 Å². The van der Waals surface area contributed by atoms with Crippen molar-refractivity contribution in [3.8, 4) is 0 Å². The molecule has 0 aromatic heterocycles. The first-order valence-electron chi connectivity index (χ1n) is 20.0. The third-order valence-corrected chi connectivity index (χ3v) is 9.76. The predicted molar refractivity (Wildman–Crippen MR) is 192 cm³/mol. The summed E-state index contributed by atoms with van der Waals surface area (Å²) >= 11 is 0. The average Bonchev–Trinajstić information content (AvgIpc) is 2.96. The summed E-state index contributed by atoms with van der Waals surface area (Å²) in [5, 5.41) is 10.1. The summed E-state index contributed by atoms with van der Waals surface area (Å²) in [5.74, 6) is 0. The topological polar surface area (TPSA) is 46.2 Å². The molecule has 3 N–H and O–H groups in total. The Morgan fingerprint density at radius 3 is 0.762 bits per heavy atom. The van der Waals surface area contributed by atoms with Gasteiger partial charge in [0.1, 0.15) is 0 Å². The van der Waals surface area contributed by atoms with Gasteiger partial charge in [0.05, 0.1) is 6.10 Å². The lowest BCUT2D eigenvalue weighted by Gasteiger charge is -2.31. The van der Waals surface area contributed by atoms with Crippen molar-refractivity contribution in [2.45, 2.75) is 257 Å². The van der Waals surface area contributed by atoms with Crippen molar-refractivity contribution in [3.63, 3.8) is 0 Å². The van der Waals surface area contributed by atoms with Crippen LogP contribution in [0.1, 0.15) is 245 Å². The molecule has 0 rings (SSSR count). The van der Waals surface area contributed by atoms with Crippen molar-refractivity contribution < 1.29 is 5.11 Å². The van der Waals surface area contributed by atoms with Crippen molar-refractivity contribution in [3.05, 3.63) is 0 Å². The summed E-state index contributed by atoms with van der Waals surface area (Å²) in [6.07, 6.45) is 47.8. The molecular formula is C40H83NO. The third kappa shape index (κ3) is 32.8. The van der Waals surface area contributed by atoms with Crippen LogP contribution in [0.25, 0.3) is 0 Å². The van der Waals surface area contributed by atoms with Gasteiger partial charge in [-0.3, -0.25) is 0 Å². The fourth-order valence-corrected chi connectivity index (χ4v) is 6.97. The molecule has 0 aromatic rings. The second kappa shape index (κ2) is 33.8. The molecule has 0 aliphatic heterocycles. The van der Waals surface area contributed by atoms with E-state index in [2.05, 4.69) is 13.8 Å². The van der Waals surface area contributed by atoms with Crippen molar-refractivity contribution in [2.24, 2.45) is 5.73 Å². The van der Waals surface area contributed by atoms with Gasteiger partial charge in [-0.2, -0.15) is 0 Å². The van der Waals surface area contributed by atoms with Crippen LogP contribution in [-0.4, -0.2) is 16.7 Å². The van der Waals surface area contributed by atoms with Crippen LogP contribution in [0.3, 0.4) is 0 Å². The van der Waals surface area contributed by atoms with Crippen molar-refractivity contribution >= 4 is 0 Å². The molecule has 0 fully saturated rings. The van der Waals surface area contributed by atoms with E-state index in [0.717, 1.165) is 19.3 Å². The van der Waals surface area contributed by atoms with Gasteiger partial charge < -0.3 is 10.8 Å². The number of aliphatic hydroxyl groups is 1. The Morgan fingerprint density at radius 2 is 0.571 bits per heavy atom. The molecule has 0 spiro atoms. The third-order valence-electron chi connectivity index (χ3n) is 9.76. The average molecular weight is 594 g/mol. The van der Waals surface area contributed by atoms with Gasteiger partial charge in [-0.15, -0.1) is 0 Å². The predicted octanol–water partition coefficient (Wildman–Crippen LogP) is 13.8. The normalized spacial score (nSPS) is 12.8. The summed E-state index contributed by atoms with van der Waals surface area (Å²) in [7, 11) is 0. The van der Waals surface area contributed by atoms with Crippen molar-refractivity contribution in [2.75, 3.05) is 0 Å². The van der Waals surface area contributed by atoms with Crippen molar-refractivity contribution in [1.82, 2.24) is 0 Å². The molecule has 0 aliphatic carbocycles. The van der Waals surface area contributed by atoms with Gasteiger partial charge in [-0.1, -0.05) is 219 Å². The fourth-order valence-electron chi connectivity index (χ4n) is 6.97. The number of aliphatic hydroxyl groups excluding tert-OH is 1. The number of nitrogens with two attached hydrogens (primary N) is 1. The zero-order valence-electron chi connectivity index (χ0n) is 29.9. The van der Waals surface area contributed by atoms with Gasteiger partial charge in [0.25, 0.3) is 0 Å². The summed E-state index contributed by atoms with van der Waals surface area (Å²) in [4.78, 5) is 0. The molecule has 1 atom stereocenters. The molecule has 0 saturated heterocycles. The van der Waals surface area contributed by atoms with Crippen LogP contribution in [0.4, 0.5) is 0 Å². The first-order chi connectivity index (χ1) is 20.5. The lowest BCUT2D eigenvalue weighted by atomic mass is 9.83. The van der Waals surface area contributed by atoms with E-state index < -0.39 is 0 Å². The minimum atomic E-state index is -0.280. The molecule has 0 bridgehead atoms. The molecule has 42 heavy (non-hydrogen) atoms. The Morgan fingerprint density at radius 1 is 0.381 bits per heavy atom. The van der Waals surface area contributed by atoms with Crippen LogP contribution in [0.5, 0.6) is 0 Å². The van der Waals surface area contributed by atoms with E-state index in [0.29, 0.717) is 0 Å². The number of hydrogen-bond donors (Lipinski definition) is 2. The molecule has 0 aliphatic rings. The van der Waals surface area contributed by atoms with E-state index in [1.807, 2.05) is 6.92 Å². The minimum Gasteiger partial charge on any atom is -0.393 e. The number of rotatable bonds is 36. The van der Waals surface area contributed by atoms with Crippen LogP contribution in [0, 0.1) is 0 Å². The summed E-state index contributed by atoms with van der Waals surface area (Å²) in [6, 6.07) is 0. The van der Waals surface area contributed by atoms with Gasteiger partial charge in [-0.05, 0) is 26.2 Å². The highest BCUT2D eigenvalue weighted by molar-refractivity contribution is 4.85. The molecular weight excluding hydrogens is 510 g/mol. The quantitative estimate of drug-likeness (QED) is 0.0710. The summed E-state index contributed by atoms with van der Waals surface area (Å²) in [6.45, 7) is 6.52. The minimum absolute atomic E-state index is 0.153. The van der Waals surface area contributed by atoms with E-state index in [-0.39, 0.29) is 11.6 Å². The Balaban J connectivity index is 3.60. The molecule has 0 radical (unpaired) electrons. The van der Waals surface area contributed by atoms with Crippen LogP contribution in [0.2, 0.25) is 0 Å². The molecule has 0 amide bonds. The first-order valence-corrected chi connectivity index (χ1v) is 20.0. The second-order valence-corrected chi connectivity index (χ2v) is 14.5. The number of hydrogen-bond acceptors (Lipinski definition) is 2. The second-order valence-electron chi connectivity index (χ2n) is 14.5. The highest BCUT2D eigenvalue weighted by atomic mass is 16.3. The smallest absolute Gasteiger partial charge is 0.0529 e. The zero-order chi connectivity index (χ0) is 30.8. The maximum atomic E-state index is 10.1. The van der Waals surface area contributed by atoms with Crippen LogP contribution >= 0.6 is 0 Å². The van der Waals surface area contributed by atoms with Crippen LogP contribution in [0.15, 0.2) is 0 Å². The SMILES string of the molecule is CCCCCCCCCCCCCCCCCCC(N)(CCCCCCCCCCCCCCCCCC)CC(C)O. The van der Waals surface area contributed by atoms with Crippen LogP contribution < -0.4 is 5.73 Å². The largest absolute Gasteiger partial charge is 0.393 e. The van der Waals surface area contributed by atoms with E-state index in [1.165, 1.54) is 205 Å². The number of unbranched alkanes of at least 4 members (excludes halogenated alkanes) is 30. The maximum absolute atomic E-state index is 10.1. The Kier molecular flexibility index (Phi) is 33.7. The standard InChI is InChI=1S/C40H83NO/c1-4-6-8-10-12-14-16-18-20-22-24-26-28-30-32-34-36-40(41,38-39(3)42)37-35-33-31-29-27-25-23-21-19-17-15-13-11-9-7-5-2/h39,42H,4-38,41H2,1-3H3. The van der Waals surface area contributed by atoms with Crippen LogP contribution in [-0.2, 0) is 0 Å². The maximum Gasteiger partial charge on any atom is 0.0529 e. The lowest BCUT2D eigenvalue weighted by Crippen LogP contribution is -2.42. The summed E-state index contributed by atoms with van der Waals surface area (Å²) in [5.41, 5.74) is 6.71. The Hall–Kier alpha value is -0.0800. The van der Waals surface area contributed by atoms with Gasteiger partial charge in [0.15, 0.2) is 0 Å². The fraction of sp³-hybridized carbons (Fsp3) is 1.00. The highest BCUT2D eigenvalue weighted by Gasteiger charge is 2.25. The van der Waals surface area contributed by atoms with E-state index in [4.69, 9.17) is 5.73 Å². The molecule has 2 nitrogen and oxygen atoms in total. The van der Waals surface area contributed by atoms with Gasteiger partial charge in [-0.25, -0.2) is 0 Å². The molecule has 2 heteroatoms. The van der Waals surface area contributed by atoms with E-state index >= 15 is 0 Å². The van der Waals surface area contributed by atoms with Gasteiger partial charge in [0.2, 0.25) is 0 Å². The monoisotopic (exact) mass is 594 g/mol. The molecule has 0 aromatic carbocycles. The highest BCUT2D eigenvalue weighted by Crippen LogP contribution is 2.26. The zero-order valence-corrected chi connectivity index (χ0v) is 29.9.